The van der Waals surface area contributed by atoms with Crippen LogP contribution in [0.1, 0.15) is 72.0 Å². The summed E-state index contributed by atoms with van der Waals surface area (Å²) in [6, 6.07) is 0. The Morgan fingerprint density at radius 1 is 1.23 bits per heavy atom. The van der Waals surface area contributed by atoms with E-state index < -0.39 is 76.0 Å². The number of Topliss-reactive ketones (excluding diaryl/α,β-unsaturated/α-hetero) is 1. The number of hydrogen-bond donors (Lipinski definition) is 4. The van der Waals surface area contributed by atoms with Crippen LogP contribution in [0.4, 0.5) is 0 Å². The highest BCUT2D eigenvalue weighted by molar-refractivity contribution is 7.80. The van der Waals surface area contributed by atoms with Crippen molar-refractivity contribution >= 4 is 16.2 Å². The Bertz CT molecular complexity index is 1020. The van der Waals surface area contributed by atoms with Gasteiger partial charge in [0.15, 0.2) is 5.78 Å². The molecule has 0 radical (unpaired) electrons. The van der Waals surface area contributed by atoms with Crippen LogP contribution in [0.15, 0.2) is 0 Å². The third-order valence-electron chi connectivity index (χ3n) is 8.70. The predicted molar refractivity (Wildman–Crippen MR) is 107 cm³/mol. The molecule has 30 heavy (non-hydrogen) atoms. The van der Waals surface area contributed by atoms with Gasteiger partial charge in [-0.25, -0.2) is 4.18 Å². The Labute approximate surface area is 185 Å². The molecule has 8 nitrogen and oxygen atoms in total. The standard InChI is InChI=1S/C21H34O8S/c1-19-7-5-13(22)9-12(19)3-4-14-15-6-8-21(25,17(24)11-29-30(26,27)28)20(15,2)10-16(23)18(14)19/h12-16,18,22-23,25H,3-11H2,1-2H3,(H,26,27,28)/t12-,13-,14+,15+,16+,18-,19+,20+,21+/m1/s1/i5D2,9D2,13D. The third-order valence-corrected chi connectivity index (χ3v) is 9.12. The van der Waals surface area contributed by atoms with Crippen molar-refractivity contribution < 1.29 is 44.1 Å². The molecule has 4 saturated carbocycles. The second-order valence-electron chi connectivity index (χ2n) is 9.98. The molecule has 0 aromatic heterocycles. The molecule has 0 aromatic rings. The Balaban J connectivity index is 1.70. The van der Waals surface area contributed by atoms with Gasteiger partial charge in [0, 0.05) is 10.9 Å². The molecule has 0 bridgehead atoms. The summed E-state index contributed by atoms with van der Waals surface area (Å²) < 4.78 is 76.9. The van der Waals surface area contributed by atoms with Gasteiger partial charge in [0.05, 0.1) is 13.6 Å². The molecule has 0 aliphatic heterocycles. The van der Waals surface area contributed by atoms with E-state index in [0.717, 1.165) is 0 Å². The Hall–Kier alpha value is -0.580. The van der Waals surface area contributed by atoms with E-state index in [2.05, 4.69) is 4.18 Å². The topological polar surface area (TPSA) is 141 Å². The molecule has 9 atom stereocenters. The first-order valence-corrected chi connectivity index (χ1v) is 11.8. The van der Waals surface area contributed by atoms with Gasteiger partial charge in [-0.1, -0.05) is 13.8 Å². The minimum atomic E-state index is -4.90. The van der Waals surface area contributed by atoms with Gasteiger partial charge in [0.1, 0.15) is 12.2 Å². The van der Waals surface area contributed by atoms with Crippen molar-refractivity contribution in [3.8, 4) is 0 Å². The fourth-order valence-electron chi connectivity index (χ4n) is 7.28. The van der Waals surface area contributed by atoms with Crippen LogP contribution in [-0.2, 0) is 19.4 Å². The highest BCUT2D eigenvalue weighted by Crippen LogP contribution is 2.68. The molecule has 0 heterocycles. The lowest BCUT2D eigenvalue weighted by molar-refractivity contribution is -0.202. The molecule has 4 aliphatic carbocycles. The normalized spacial score (nSPS) is 59.3. The fraction of sp³-hybridized carbons (Fsp3) is 0.952. The van der Waals surface area contributed by atoms with Gasteiger partial charge >= 0.3 is 10.4 Å². The fourth-order valence-corrected chi connectivity index (χ4v) is 7.54. The van der Waals surface area contributed by atoms with Gasteiger partial charge in [-0.2, -0.15) is 8.42 Å². The summed E-state index contributed by atoms with van der Waals surface area (Å²) in [5.74, 6) is -2.99. The van der Waals surface area contributed by atoms with Crippen molar-refractivity contribution in [2.75, 3.05) is 6.61 Å². The largest absolute Gasteiger partial charge is 0.397 e. The number of aliphatic hydroxyl groups is 3. The summed E-state index contributed by atoms with van der Waals surface area (Å²) in [7, 11) is -4.90. The first-order valence-electron chi connectivity index (χ1n) is 12.9. The zero-order chi connectivity index (χ0) is 26.6. The summed E-state index contributed by atoms with van der Waals surface area (Å²) in [4.78, 5) is 12.9. The maximum Gasteiger partial charge on any atom is 0.397 e. The number of fused-ring (bicyclic) bond motifs is 5. The van der Waals surface area contributed by atoms with Gasteiger partial charge in [-0.05, 0) is 80.4 Å². The van der Waals surface area contributed by atoms with E-state index >= 15 is 0 Å². The van der Waals surface area contributed by atoms with E-state index in [1.54, 1.807) is 13.8 Å². The van der Waals surface area contributed by atoms with Crippen molar-refractivity contribution in [3.05, 3.63) is 0 Å². The Morgan fingerprint density at radius 3 is 2.60 bits per heavy atom. The van der Waals surface area contributed by atoms with E-state index in [1.807, 2.05) is 0 Å². The lowest BCUT2D eigenvalue weighted by Gasteiger charge is -2.62. The molecule has 4 rings (SSSR count). The van der Waals surface area contributed by atoms with Gasteiger partial charge in [-0.15, -0.1) is 0 Å². The number of hydrogen-bond acceptors (Lipinski definition) is 7. The Kier molecular flexibility index (Phi) is 4.08. The minimum Gasteiger partial charge on any atom is -0.393 e. The van der Waals surface area contributed by atoms with Crippen LogP contribution in [0.3, 0.4) is 0 Å². The zero-order valence-corrected chi connectivity index (χ0v) is 18.0. The van der Waals surface area contributed by atoms with Crippen LogP contribution < -0.4 is 0 Å². The monoisotopic (exact) mass is 451 g/mol. The van der Waals surface area contributed by atoms with Crippen LogP contribution in [-0.4, -0.2) is 58.5 Å². The van der Waals surface area contributed by atoms with E-state index in [-0.39, 0.29) is 37.5 Å². The van der Waals surface area contributed by atoms with Crippen molar-refractivity contribution in [1.82, 2.24) is 0 Å². The van der Waals surface area contributed by atoms with Gasteiger partial charge in [0.25, 0.3) is 0 Å². The molecule has 4 fully saturated rings. The second kappa shape index (κ2) is 7.22. The number of ketones is 1. The number of rotatable bonds is 4. The molecular weight excluding hydrogens is 412 g/mol. The quantitative estimate of drug-likeness (QED) is 0.471. The number of carbonyl (C=O) groups excluding carboxylic acids is 1. The first-order chi connectivity index (χ1) is 15.7. The lowest BCUT2D eigenvalue weighted by Crippen LogP contribution is -2.63. The maximum absolute atomic E-state index is 12.9. The average Bonchev–Trinajstić information content (AvgIpc) is 2.95. The molecular formula is C21H34O8S. The summed E-state index contributed by atoms with van der Waals surface area (Å²) in [5, 5.41) is 33.5. The summed E-state index contributed by atoms with van der Waals surface area (Å²) in [6.45, 7) is 2.31. The third kappa shape index (κ3) is 3.28. The molecule has 4 aliphatic rings. The predicted octanol–water partition coefficient (Wildman–Crippen LogP) is 1.48. The minimum absolute atomic E-state index is 0.00789. The molecule has 0 aromatic carbocycles. The highest BCUT2D eigenvalue weighted by atomic mass is 32.3. The SMILES string of the molecule is [2H]C1([2H])C[C@]2(C)[C@@H]3[C@@H](CC[C@@H]2C([2H])([2H])[C@]1([2H])O)[C@@H]1CC[C@](O)(C(=O)COS(=O)(=O)O)[C@@]1(C)C[C@@H]3O. The smallest absolute Gasteiger partial charge is 0.393 e. The molecule has 9 heteroatoms. The van der Waals surface area contributed by atoms with E-state index in [1.165, 1.54) is 0 Å². The Morgan fingerprint density at radius 2 is 1.93 bits per heavy atom. The van der Waals surface area contributed by atoms with Gasteiger partial charge < -0.3 is 15.3 Å². The van der Waals surface area contributed by atoms with Crippen molar-refractivity contribution in [3.63, 3.8) is 0 Å². The van der Waals surface area contributed by atoms with E-state index in [0.29, 0.717) is 12.8 Å². The van der Waals surface area contributed by atoms with Crippen LogP contribution in [0, 0.1) is 34.5 Å². The summed E-state index contributed by atoms with van der Waals surface area (Å²) in [6.07, 6.45) is -8.64. The molecule has 0 saturated heterocycles. The van der Waals surface area contributed by atoms with Crippen LogP contribution in [0.2, 0.25) is 0 Å². The van der Waals surface area contributed by atoms with Gasteiger partial charge in [0.2, 0.25) is 0 Å². The van der Waals surface area contributed by atoms with Crippen molar-refractivity contribution in [2.45, 2.75) is 82.9 Å². The van der Waals surface area contributed by atoms with Crippen molar-refractivity contribution in [1.29, 1.82) is 0 Å². The lowest BCUT2D eigenvalue weighted by atomic mass is 9.43. The molecule has 172 valence electrons. The molecule has 4 N–H and O–H groups in total. The first kappa shape index (κ1) is 17.0. The van der Waals surface area contributed by atoms with E-state index in [4.69, 9.17) is 11.4 Å². The van der Waals surface area contributed by atoms with E-state index in [9.17, 15) is 28.5 Å². The number of aliphatic hydroxyl groups excluding tert-OH is 1. The van der Waals surface area contributed by atoms with Gasteiger partial charge in [-0.3, -0.25) is 9.35 Å². The molecule has 0 spiro atoms. The zero-order valence-electron chi connectivity index (χ0n) is 22.2. The summed E-state index contributed by atoms with van der Waals surface area (Å²) in [5.41, 5.74) is -4.26. The molecule has 0 unspecified atom stereocenters. The summed E-state index contributed by atoms with van der Waals surface area (Å²) >= 11 is 0. The second-order valence-corrected chi connectivity index (χ2v) is 11.1. The highest BCUT2D eigenvalue weighted by Gasteiger charge is 2.68. The maximum atomic E-state index is 12.9. The van der Waals surface area contributed by atoms with Crippen LogP contribution in [0.25, 0.3) is 0 Å². The molecule has 0 amide bonds. The van der Waals surface area contributed by atoms with Crippen LogP contribution >= 0.6 is 0 Å². The average molecular weight is 452 g/mol. The number of carbonyl (C=O) groups is 1. The van der Waals surface area contributed by atoms with Crippen molar-refractivity contribution in [2.24, 2.45) is 34.5 Å². The van der Waals surface area contributed by atoms with Crippen LogP contribution in [0.5, 0.6) is 0 Å².